The van der Waals surface area contributed by atoms with Crippen LogP contribution in [0.2, 0.25) is 0 Å². The zero-order chi connectivity index (χ0) is 26.0. The van der Waals surface area contributed by atoms with Gasteiger partial charge < -0.3 is 24.6 Å². The van der Waals surface area contributed by atoms with Crippen LogP contribution in [0, 0.1) is 5.92 Å². The van der Waals surface area contributed by atoms with Crippen LogP contribution in [0.3, 0.4) is 0 Å². The van der Waals surface area contributed by atoms with Crippen molar-refractivity contribution in [3.8, 4) is 5.75 Å². The lowest BCUT2D eigenvalue weighted by atomic mass is 9.82. The predicted molar refractivity (Wildman–Crippen MR) is 135 cm³/mol. The molecule has 37 heavy (non-hydrogen) atoms. The van der Waals surface area contributed by atoms with Gasteiger partial charge in [0.2, 0.25) is 5.91 Å². The second-order valence-corrected chi connectivity index (χ2v) is 9.78. The molecular weight excluding hydrogens is 485 g/mol. The van der Waals surface area contributed by atoms with Crippen LogP contribution in [0.25, 0.3) is 0 Å². The first-order valence-corrected chi connectivity index (χ1v) is 12.8. The first-order chi connectivity index (χ1) is 17.8. The lowest BCUT2D eigenvalue weighted by Crippen LogP contribution is -2.61. The molecule has 1 N–H and O–H groups in total. The summed E-state index contributed by atoms with van der Waals surface area (Å²) in [5, 5.41) is 3.07. The summed E-state index contributed by atoms with van der Waals surface area (Å²) in [5.41, 5.74) is 1.64. The van der Waals surface area contributed by atoms with Gasteiger partial charge in [-0.05, 0) is 42.3 Å². The van der Waals surface area contributed by atoms with Crippen molar-refractivity contribution in [2.75, 3.05) is 75.9 Å². The third-order valence-electron chi connectivity index (χ3n) is 7.63. The number of hydrogen-bond donors (Lipinski definition) is 1. The van der Waals surface area contributed by atoms with E-state index in [1.807, 2.05) is 24.3 Å². The van der Waals surface area contributed by atoms with Crippen LogP contribution in [0.15, 0.2) is 42.5 Å². The molecule has 2 aromatic carbocycles. The molecule has 1 amide bonds. The number of benzene rings is 2. The molecule has 7 nitrogen and oxygen atoms in total. The number of alkyl halides is 3. The summed E-state index contributed by atoms with van der Waals surface area (Å²) < 4.78 is 51.4. The highest BCUT2D eigenvalue weighted by Crippen LogP contribution is 2.41. The van der Waals surface area contributed by atoms with Crippen molar-refractivity contribution < 1.29 is 27.4 Å². The van der Waals surface area contributed by atoms with E-state index in [4.69, 9.17) is 9.47 Å². The van der Waals surface area contributed by atoms with Gasteiger partial charge in [0.25, 0.3) is 0 Å². The lowest BCUT2D eigenvalue weighted by Gasteiger charge is -2.50. The van der Waals surface area contributed by atoms with Crippen molar-refractivity contribution >= 4 is 17.3 Å². The zero-order valence-corrected chi connectivity index (χ0v) is 21.0. The highest BCUT2D eigenvalue weighted by molar-refractivity contribution is 5.82. The van der Waals surface area contributed by atoms with Gasteiger partial charge in [-0.2, -0.15) is 13.2 Å². The van der Waals surface area contributed by atoms with Crippen LogP contribution < -0.4 is 19.9 Å². The summed E-state index contributed by atoms with van der Waals surface area (Å²) in [6, 6.07) is 11.5. The number of para-hydroxylation sites is 2. The Morgan fingerprint density at radius 1 is 1.08 bits per heavy atom. The summed E-state index contributed by atoms with van der Waals surface area (Å²) in [6.45, 7) is 6.08. The van der Waals surface area contributed by atoms with Gasteiger partial charge in [-0.3, -0.25) is 9.69 Å². The second kappa shape index (κ2) is 10.8. The molecule has 0 aromatic heterocycles. The molecule has 2 aromatic rings. The van der Waals surface area contributed by atoms with Gasteiger partial charge >= 0.3 is 6.18 Å². The van der Waals surface area contributed by atoms with Crippen LogP contribution >= 0.6 is 0 Å². The van der Waals surface area contributed by atoms with Crippen molar-refractivity contribution in [1.82, 2.24) is 10.2 Å². The zero-order valence-electron chi connectivity index (χ0n) is 21.0. The van der Waals surface area contributed by atoms with E-state index in [0.29, 0.717) is 45.0 Å². The molecule has 0 aliphatic carbocycles. The number of rotatable bonds is 6. The summed E-state index contributed by atoms with van der Waals surface area (Å²) >= 11 is 0. The molecule has 3 aliphatic rings. The smallest absolute Gasteiger partial charge is 0.416 e. The number of fused-ring (bicyclic) bond motifs is 3. The fourth-order valence-corrected chi connectivity index (χ4v) is 5.70. The summed E-state index contributed by atoms with van der Waals surface area (Å²) in [7, 11) is 1.63. The molecular formula is C27H33F3N4O3. The molecule has 0 radical (unpaired) electrons. The van der Waals surface area contributed by atoms with Crippen LogP contribution in [0.4, 0.5) is 24.5 Å². The number of methoxy groups -OCH3 is 1. The summed E-state index contributed by atoms with van der Waals surface area (Å²) in [4.78, 5) is 20.1. The number of morpholine rings is 1. The van der Waals surface area contributed by atoms with E-state index in [-0.39, 0.29) is 18.4 Å². The Morgan fingerprint density at radius 3 is 2.62 bits per heavy atom. The van der Waals surface area contributed by atoms with Gasteiger partial charge in [-0.15, -0.1) is 0 Å². The fourth-order valence-electron chi connectivity index (χ4n) is 5.70. The van der Waals surface area contributed by atoms with Gasteiger partial charge in [-0.1, -0.05) is 12.1 Å². The SMILES string of the molecule is COc1ccccc1N1CCN2c3ccc(C(F)(F)F)cc3C[C@H](C(=O)NCCN3CCOCC3)[C@@H]2C1. The van der Waals surface area contributed by atoms with Crippen molar-refractivity contribution in [2.45, 2.75) is 18.6 Å². The largest absolute Gasteiger partial charge is 0.495 e. The molecule has 2 saturated heterocycles. The minimum absolute atomic E-state index is 0.117. The van der Waals surface area contributed by atoms with E-state index in [2.05, 4.69) is 20.0 Å². The molecule has 2 fully saturated rings. The maximum Gasteiger partial charge on any atom is 0.416 e. The molecule has 2 atom stereocenters. The second-order valence-electron chi connectivity index (χ2n) is 9.78. The van der Waals surface area contributed by atoms with Crippen molar-refractivity contribution in [2.24, 2.45) is 5.92 Å². The Labute approximate surface area is 215 Å². The maximum absolute atomic E-state index is 13.5. The Kier molecular flexibility index (Phi) is 7.48. The van der Waals surface area contributed by atoms with Gasteiger partial charge in [-0.25, -0.2) is 0 Å². The molecule has 0 bridgehead atoms. The van der Waals surface area contributed by atoms with E-state index in [1.165, 1.54) is 6.07 Å². The maximum atomic E-state index is 13.5. The molecule has 5 rings (SSSR count). The van der Waals surface area contributed by atoms with E-state index in [1.54, 1.807) is 13.2 Å². The van der Waals surface area contributed by atoms with Crippen LogP contribution in [-0.2, 0) is 22.1 Å². The quantitative estimate of drug-likeness (QED) is 0.635. The van der Waals surface area contributed by atoms with Crippen LogP contribution in [0.5, 0.6) is 5.75 Å². The average Bonchev–Trinajstić information content (AvgIpc) is 2.92. The van der Waals surface area contributed by atoms with Crippen molar-refractivity contribution in [3.05, 3.63) is 53.6 Å². The topological polar surface area (TPSA) is 57.3 Å². The lowest BCUT2D eigenvalue weighted by molar-refractivity contribution is -0.137. The molecule has 3 aliphatic heterocycles. The number of hydrogen-bond acceptors (Lipinski definition) is 6. The first kappa shape index (κ1) is 25.7. The molecule has 0 spiro atoms. The highest BCUT2D eigenvalue weighted by Gasteiger charge is 2.43. The summed E-state index contributed by atoms with van der Waals surface area (Å²) in [5.74, 6) is 0.167. The van der Waals surface area contributed by atoms with E-state index in [0.717, 1.165) is 42.8 Å². The van der Waals surface area contributed by atoms with Crippen molar-refractivity contribution in [1.29, 1.82) is 0 Å². The van der Waals surface area contributed by atoms with E-state index >= 15 is 0 Å². The minimum Gasteiger partial charge on any atom is -0.495 e. The number of ether oxygens (including phenoxy) is 2. The summed E-state index contributed by atoms with van der Waals surface area (Å²) in [6.07, 6.45) is -4.16. The molecule has 0 saturated carbocycles. The number of carbonyl (C=O) groups is 1. The fraction of sp³-hybridized carbons (Fsp3) is 0.519. The van der Waals surface area contributed by atoms with Gasteiger partial charge in [0.05, 0.1) is 43.5 Å². The van der Waals surface area contributed by atoms with Crippen molar-refractivity contribution in [3.63, 3.8) is 0 Å². The third-order valence-corrected chi connectivity index (χ3v) is 7.63. The van der Waals surface area contributed by atoms with Gasteiger partial charge in [0.1, 0.15) is 5.75 Å². The predicted octanol–water partition coefficient (Wildman–Crippen LogP) is 3.03. The number of carbonyl (C=O) groups excluding carboxylic acids is 1. The number of nitrogens with one attached hydrogen (secondary N) is 1. The van der Waals surface area contributed by atoms with E-state index < -0.39 is 17.7 Å². The molecule has 3 heterocycles. The Hall–Kier alpha value is -2.98. The standard InChI is InChI=1S/C27H33F3N4O3/c1-36-25-5-3-2-4-23(25)33-10-11-34-22-7-6-20(27(28,29)30)16-19(22)17-21(24(34)18-33)26(35)31-8-9-32-12-14-37-15-13-32/h2-7,16,21,24H,8-15,17-18H2,1H3,(H,31,35)/t21-,24-/m0/s1. The number of halogens is 3. The number of amides is 1. The van der Waals surface area contributed by atoms with Crippen LogP contribution in [0.1, 0.15) is 11.1 Å². The normalized spacial score (nSPS) is 22.3. The van der Waals surface area contributed by atoms with Gasteiger partial charge in [0.15, 0.2) is 0 Å². The highest BCUT2D eigenvalue weighted by atomic mass is 19.4. The average molecular weight is 519 g/mol. The minimum atomic E-state index is -4.43. The van der Waals surface area contributed by atoms with Crippen LogP contribution in [-0.4, -0.2) is 83.0 Å². The Balaban J connectivity index is 1.39. The Morgan fingerprint density at radius 2 is 1.86 bits per heavy atom. The van der Waals surface area contributed by atoms with E-state index in [9.17, 15) is 18.0 Å². The first-order valence-electron chi connectivity index (χ1n) is 12.8. The number of piperazine rings is 1. The Bertz CT molecular complexity index is 1110. The molecule has 200 valence electrons. The number of nitrogens with zero attached hydrogens (tertiary/aromatic N) is 3. The number of anilines is 2. The van der Waals surface area contributed by atoms with Gasteiger partial charge in [0, 0.05) is 51.5 Å². The molecule has 0 unspecified atom stereocenters. The monoisotopic (exact) mass is 518 g/mol. The molecule has 10 heteroatoms. The third kappa shape index (κ3) is 5.50.